The van der Waals surface area contributed by atoms with E-state index >= 15 is 0 Å². The van der Waals surface area contributed by atoms with Gasteiger partial charge in [0.15, 0.2) is 0 Å². The summed E-state index contributed by atoms with van der Waals surface area (Å²) in [6.07, 6.45) is 0. The molecule has 4 rings (SSSR count). The van der Waals surface area contributed by atoms with Crippen molar-refractivity contribution in [3.05, 3.63) is 92.2 Å². The highest BCUT2D eigenvalue weighted by molar-refractivity contribution is 5.73. The molecule has 3 aromatic rings. The lowest BCUT2D eigenvalue weighted by molar-refractivity contribution is 0.571. The van der Waals surface area contributed by atoms with Crippen LogP contribution in [-0.4, -0.2) is 0 Å². The average molecular weight is 370 g/mol. The van der Waals surface area contributed by atoms with E-state index in [2.05, 4.69) is 96.1 Å². The first-order chi connectivity index (χ1) is 13.1. The monoisotopic (exact) mass is 369 g/mol. The van der Waals surface area contributed by atoms with Gasteiger partial charge in [-0.3, -0.25) is 0 Å². The van der Waals surface area contributed by atoms with Gasteiger partial charge in [0.1, 0.15) is 0 Å². The molecule has 0 saturated heterocycles. The Kier molecular flexibility index (Phi) is 4.28. The lowest BCUT2D eigenvalue weighted by Crippen LogP contribution is -2.21. The Morgan fingerprint density at radius 3 is 1.93 bits per heavy atom. The molecule has 0 heterocycles. The molecule has 3 aromatic carbocycles. The first kappa shape index (κ1) is 19.0. The maximum absolute atomic E-state index is 6.26. The van der Waals surface area contributed by atoms with E-state index in [0.717, 1.165) is 0 Å². The molecular formula is C27H31N. The van der Waals surface area contributed by atoms with Crippen LogP contribution in [0.1, 0.15) is 58.2 Å². The van der Waals surface area contributed by atoms with Crippen LogP contribution < -0.4 is 5.73 Å². The van der Waals surface area contributed by atoms with E-state index in [1.54, 1.807) is 0 Å². The molecule has 0 unspecified atom stereocenters. The van der Waals surface area contributed by atoms with E-state index in [0.29, 0.717) is 6.54 Å². The molecule has 1 aliphatic rings. The summed E-state index contributed by atoms with van der Waals surface area (Å²) in [5, 5.41) is 5.48. The maximum Gasteiger partial charge on any atom is 0.0181 e. The number of fused-ring (bicyclic) bond motifs is 2. The molecule has 0 fully saturated rings. The number of hydrogen-bond donors (Lipinski definition) is 1. The summed E-state index contributed by atoms with van der Waals surface area (Å²) in [5.74, 6) is 0. The van der Waals surface area contributed by atoms with Crippen LogP contribution in [0.4, 0.5) is 0 Å². The molecule has 0 spiro atoms. The number of hydrogen-bond acceptors (Lipinski definition) is 1. The minimum absolute atomic E-state index is 0.0203. The molecule has 0 bridgehead atoms. The van der Waals surface area contributed by atoms with Crippen molar-refractivity contribution in [2.24, 2.45) is 5.73 Å². The summed E-state index contributed by atoms with van der Waals surface area (Å²) in [7, 11) is 0. The fourth-order valence-electron chi connectivity index (χ4n) is 4.56. The van der Waals surface area contributed by atoms with E-state index < -0.39 is 0 Å². The van der Waals surface area contributed by atoms with Gasteiger partial charge in [-0.15, -0.1) is 0 Å². The molecular weight excluding hydrogens is 338 g/mol. The first-order valence-corrected chi connectivity index (χ1v) is 10.2. The minimum Gasteiger partial charge on any atom is -0.326 e. The Balaban J connectivity index is 2.16. The summed E-state index contributed by atoms with van der Waals surface area (Å²) < 4.78 is 0. The van der Waals surface area contributed by atoms with Crippen LogP contribution in [0, 0.1) is 20.9 Å². The van der Waals surface area contributed by atoms with Crippen molar-refractivity contribution in [2.45, 2.75) is 58.9 Å². The van der Waals surface area contributed by atoms with Gasteiger partial charge in [-0.2, -0.15) is 0 Å². The maximum atomic E-state index is 6.26. The van der Waals surface area contributed by atoms with Gasteiger partial charge >= 0.3 is 0 Å². The van der Waals surface area contributed by atoms with E-state index in [1.165, 1.54) is 48.7 Å². The molecule has 0 aromatic heterocycles. The number of rotatable bonds is 2. The van der Waals surface area contributed by atoms with Gasteiger partial charge < -0.3 is 5.73 Å². The van der Waals surface area contributed by atoms with Crippen molar-refractivity contribution in [2.75, 3.05) is 0 Å². The Labute approximate surface area is 168 Å². The second kappa shape index (κ2) is 6.32. The summed E-state index contributed by atoms with van der Waals surface area (Å²) >= 11 is 0. The Hall–Kier alpha value is -2.38. The smallest absolute Gasteiger partial charge is 0.0181 e. The highest BCUT2D eigenvalue weighted by Crippen LogP contribution is 2.40. The van der Waals surface area contributed by atoms with Crippen molar-refractivity contribution in [1.29, 1.82) is 0 Å². The van der Waals surface area contributed by atoms with Gasteiger partial charge in [0.05, 0.1) is 0 Å². The van der Waals surface area contributed by atoms with E-state index in [9.17, 15) is 0 Å². The van der Waals surface area contributed by atoms with Gasteiger partial charge in [0.25, 0.3) is 0 Å². The quantitative estimate of drug-likeness (QED) is 0.441. The summed E-state index contributed by atoms with van der Waals surface area (Å²) in [6.45, 7) is 14.3. The largest absolute Gasteiger partial charge is 0.326 e. The predicted molar refractivity (Wildman–Crippen MR) is 119 cm³/mol. The lowest BCUT2D eigenvalue weighted by Gasteiger charge is -2.30. The van der Waals surface area contributed by atoms with Gasteiger partial charge in [-0.1, -0.05) is 96.1 Å². The fraction of sp³-hybridized carbons (Fsp3) is 0.333. The third-order valence-corrected chi connectivity index (χ3v) is 5.90. The first-order valence-electron chi connectivity index (χ1n) is 10.2. The SMILES string of the molecule is CC(C)(C)c1cc(CN)c(C(C)(C)C)c(-c2cccc3c2=c2ccccc2=3)c1. The fourth-order valence-corrected chi connectivity index (χ4v) is 4.56. The van der Waals surface area contributed by atoms with Crippen molar-refractivity contribution in [1.82, 2.24) is 0 Å². The van der Waals surface area contributed by atoms with Crippen LogP contribution in [0.25, 0.3) is 11.1 Å². The van der Waals surface area contributed by atoms with Crippen LogP contribution >= 0.6 is 0 Å². The highest BCUT2D eigenvalue weighted by Gasteiger charge is 2.26. The molecule has 1 heteroatoms. The second-order valence-corrected chi connectivity index (χ2v) is 10.0. The minimum atomic E-state index is 0.0203. The van der Waals surface area contributed by atoms with Crippen LogP contribution in [0.15, 0.2) is 54.6 Å². The van der Waals surface area contributed by atoms with E-state index in [4.69, 9.17) is 5.73 Å². The molecule has 0 radical (unpaired) electrons. The second-order valence-electron chi connectivity index (χ2n) is 10.0. The number of benzene rings is 3. The van der Waals surface area contributed by atoms with Gasteiger partial charge in [0, 0.05) is 6.54 Å². The number of nitrogens with two attached hydrogens (primary N) is 1. The molecule has 2 N–H and O–H groups in total. The molecule has 28 heavy (non-hydrogen) atoms. The van der Waals surface area contributed by atoms with Gasteiger partial charge in [-0.25, -0.2) is 0 Å². The topological polar surface area (TPSA) is 26.0 Å². The Bertz CT molecular complexity index is 1250. The van der Waals surface area contributed by atoms with Crippen molar-refractivity contribution >= 4 is 0 Å². The molecule has 144 valence electrons. The van der Waals surface area contributed by atoms with Gasteiger partial charge in [-0.05, 0) is 59.5 Å². The summed E-state index contributed by atoms with van der Waals surface area (Å²) in [5.41, 5.74) is 13.0. The summed E-state index contributed by atoms with van der Waals surface area (Å²) in [6, 6.07) is 20.2. The molecule has 1 nitrogen and oxygen atoms in total. The molecule has 0 aliphatic heterocycles. The molecule has 1 aliphatic carbocycles. The summed E-state index contributed by atoms with van der Waals surface area (Å²) in [4.78, 5) is 0. The van der Waals surface area contributed by atoms with Gasteiger partial charge in [0.2, 0.25) is 0 Å². The van der Waals surface area contributed by atoms with E-state index in [1.807, 2.05) is 0 Å². The van der Waals surface area contributed by atoms with Crippen molar-refractivity contribution in [3.63, 3.8) is 0 Å². The zero-order valence-electron chi connectivity index (χ0n) is 18.0. The standard InChI is InChI=1S/C27H31N/c1-26(2,3)18-14-17(16-28)25(27(4,5)6)23(15-18)22-13-9-12-21-19-10-7-8-11-20(19)24(21)22/h7-15H,16,28H2,1-6H3. The average Bonchev–Trinajstić information content (AvgIpc) is 2.62. The van der Waals surface area contributed by atoms with Crippen LogP contribution in [-0.2, 0) is 17.4 Å². The molecule has 0 saturated carbocycles. The third kappa shape index (κ3) is 2.89. The lowest BCUT2D eigenvalue weighted by atomic mass is 9.74. The third-order valence-electron chi connectivity index (χ3n) is 5.90. The van der Waals surface area contributed by atoms with Crippen LogP contribution in [0.3, 0.4) is 0 Å². The Morgan fingerprint density at radius 2 is 1.32 bits per heavy atom. The molecule has 0 atom stereocenters. The van der Waals surface area contributed by atoms with Crippen LogP contribution in [0.5, 0.6) is 0 Å². The Morgan fingerprint density at radius 1 is 0.679 bits per heavy atom. The van der Waals surface area contributed by atoms with Crippen molar-refractivity contribution in [3.8, 4) is 11.1 Å². The van der Waals surface area contributed by atoms with Crippen LogP contribution in [0.2, 0.25) is 0 Å². The normalized spacial score (nSPS) is 13.0. The van der Waals surface area contributed by atoms with E-state index in [-0.39, 0.29) is 10.8 Å². The zero-order chi connectivity index (χ0) is 20.3. The van der Waals surface area contributed by atoms with Crippen molar-refractivity contribution < 1.29 is 0 Å². The highest BCUT2D eigenvalue weighted by atomic mass is 14.5. The zero-order valence-corrected chi connectivity index (χ0v) is 18.0. The molecule has 0 amide bonds. The predicted octanol–water partition coefficient (Wildman–Crippen LogP) is 6.29.